The Balaban J connectivity index is 2.32. The molecule has 1 saturated heterocycles. The van der Waals surface area contributed by atoms with Crippen LogP contribution in [0.5, 0.6) is 0 Å². The monoisotopic (exact) mass is 198 g/mol. The summed E-state index contributed by atoms with van der Waals surface area (Å²) in [5, 5.41) is 0. The van der Waals surface area contributed by atoms with E-state index < -0.39 is 0 Å². The molecule has 2 heteroatoms. The van der Waals surface area contributed by atoms with E-state index in [4.69, 9.17) is 5.73 Å². The lowest BCUT2D eigenvalue weighted by Crippen LogP contribution is -2.41. The number of piperidine rings is 1. The van der Waals surface area contributed by atoms with Gasteiger partial charge in [0.25, 0.3) is 0 Å². The van der Waals surface area contributed by atoms with E-state index in [0.717, 1.165) is 18.5 Å². The summed E-state index contributed by atoms with van der Waals surface area (Å²) in [4.78, 5) is 2.68. The average molecular weight is 198 g/mol. The molecule has 0 spiro atoms. The minimum atomic E-state index is 0.771. The number of rotatable bonds is 5. The molecule has 1 aliphatic rings. The van der Waals surface area contributed by atoms with Gasteiger partial charge in [-0.15, -0.1) is 0 Å². The molecular formula is C12H26N2. The fraction of sp³-hybridized carbons (Fsp3) is 1.00. The van der Waals surface area contributed by atoms with Gasteiger partial charge >= 0.3 is 0 Å². The van der Waals surface area contributed by atoms with Crippen LogP contribution in [-0.2, 0) is 0 Å². The molecular weight excluding hydrogens is 172 g/mol. The Morgan fingerprint density at radius 3 is 2.86 bits per heavy atom. The zero-order valence-corrected chi connectivity index (χ0v) is 9.84. The molecule has 2 N–H and O–H groups in total. The van der Waals surface area contributed by atoms with Crippen molar-refractivity contribution in [2.24, 2.45) is 11.7 Å². The predicted octanol–water partition coefficient (Wildman–Crippen LogP) is 2.24. The van der Waals surface area contributed by atoms with Crippen LogP contribution in [0.4, 0.5) is 0 Å². The molecule has 0 amide bonds. The van der Waals surface area contributed by atoms with Crippen molar-refractivity contribution < 1.29 is 0 Å². The molecule has 1 heterocycles. The first-order valence-electron chi connectivity index (χ1n) is 6.22. The molecule has 0 aromatic carbocycles. The van der Waals surface area contributed by atoms with E-state index in [1.807, 2.05) is 0 Å². The Hall–Kier alpha value is -0.0800. The molecule has 2 unspecified atom stereocenters. The molecule has 0 radical (unpaired) electrons. The van der Waals surface area contributed by atoms with Crippen molar-refractivity contribution in [1.29, 1.82) is 0 Å². The van der Waals surface area contributed by atoms with E-state index in [0.29, 0.717) is 0 Å². The summed E-state index contributed by atoms with van der Waals surface area (Å²) in [6.07, 6.45) is 6.72. The molecule has 1 fully saturated rings. The van der Waals surface area contributed by atoms with Crippen LogP contribution in [0.2, 0.25) is 0 Å². The summed E-state index contributed by atoms with van der Waals surface area (Å²) in [7, 11) is 0. The summed E-state index contributed by atoms with van der Waals surface area (Å²) >= 11 is 0. The number of hydrogen-bond donors (Lipinski definition) is 1. The predicted molar refractivity (Wildman–Crippen MR) is 62.3 cm³/mol. The van der Waals surface area contributed by atoms with Gasteiger partial charge in [0.05, 0.1) is 0 Å². The Morgan fingerprint density at radius 2 is 2.21 bits per heavy atom. The van der Waals surface area contributed by atoms with Gasteiger partial charge < -0.3 is 10.6 Å². The van der Waals surface area contributed by atoms with Gasteiger partial charge in [-0.25, -0.2) is 0 Å². The Labute approximate surface area is 88.8 Å². The largest absolute Gasteiger partial charge is 0.330 e. The molecule has 2 atom stereocenters. The van der Waals surface area contributed by atoms with Crippen LogP contribution in [0.25, 0.3) is 0 Å². The van der Waals surface area contributed by atoms with Gasteiger partial charge in [0.15, 0.2) is 0 Å². The van der Waals surface area contributed by atoms with Gasteiger partial charge in [0.2, 0.25) is 0 Å². The quantitative estimate of drug-likeness (QED) is 0.734. The normalized spacial score (nSPS) is 26.4. The number of hydrogen-bond acceptors (Lipinski definition) is 2. The lowest BCUT2D eigenvalue weighted by molar-refractivity contribution is 0.123. The second-order valence-electron chi connectivity index (χ2n) is 4.74. The first-order valence-corrected chi connectivity index (χ1v) is 6.22. The minimum absolute atomic E-state index is 0.771. The van der Waals surface area contributed by atoms with Crippen molar-refractivity contribution >= 4 is 0 Å². The topological polar surface area (TPSA) is 29.3 Å². The van der Waals surface area contributed by atoms with Crippen LogP contribution in [0.3, 0.4) is 0 Å². The minimum Gasteiger partial charge on any atom is -0.330 e. The third kappa shape index (κ3) is 3.58. The van der Waals surface area contributed by atoms with Gasteiger partial charge in [-0.1, -0.05) is 20.3 Å². The standard InChI is InChI=1S/C12H26N2/c1-3-12-6-4-5-9-14(12)10-11(2)7-8-13/h11-12H,3-10,13H2,1-2H3. The fourth-order valence-electron chi connectivity index (χ4n) is 2.54. The van der Waals surface area contributed by atoms with Crippen molar-refractivity contribution in [2.45, 2.75) is 52.0 Å². The van der Waals surface area contributed by atoms with Crippen LogP contribution in [0.1, 0.15) is 46.0 Å². The number of nitrogens with zero attached hydrogens (tertiary/aromatic N) is 1. The van der Waals surface area contributed by atoms with Crippen LogP contribution in [0.15, 0.2) is 0 Å². The second kappa shape index (κ2) is 6.41. The molecule has 1 aliphatic heterocycles. The summed E-state index contributed by atoms with van der Waals surface area (Å²) in [5.74, 6) is 0.771. The molecule has 2 nitrogen and oxygen atoms in total. The highest BCUT2D eigenvalue weighted by Crippen LogP contribution is 2.20. The average Bonchev–Trinajstić information content (AvgIpc) is 2.19. The summed E-state index contributed by atoms with van der Waals surface area (Å²) in [6, 6.07) is 0.851. The maximum atomic E-state index is 5.58. The lowest BCUT2D eigenvalue weighted by Gasteiger charge is -2.36. The second-order valence-corrected chi connectivity index (χ2v) is 4.74. The van der Waals surface area contributed by atoms with E-state index in [1.54, 1.807) is 0 Å². The van der Waals surface area contributed by atoms with Crippen LogP contribution < -0.4 is 5.73 Å². The molecule has 0 aromatic heterocycles. The van der Waals surface area contributed by atoms with E-state index in [1.165, 1.54) is 45.2 Å². The third-order valence-electron chi connectivity index (χ3n) is 3.43. The summed E-state index contributed by atoms with van der Waals surface area (Å²) in [6.45, 7) is 8.06. The molecule has 0 saturated carbocycles. The third-order valence-corrected chi connectivity index (χ3v) is 3.43. The zero-order valence-electron chi connectivity index (χ0n) is 9.84. The Bertz CT molecular complexity index is 147. The maximum absolute atomic E-state index is 5.58. The molecule has 0 aliphatic carbocycles. The van der Waals surface area contributed by atoms with Crippen LogP contribution in [-0.4, -0.2) is 30.6 Å². The SMILES string of the molecule is CCC1CCCCN1CC(C)CCN. The highest BCUT2D eigenvalue weighted by molar-refractivity contribution is 4.77. The van der Waals surface area contributed by atoms with E-state index in [9.17, 15) is 0 Å². The van der Waals surface area contributed by atoms with Crippen molar-refractivity contribution in [1.82, 2.24) is 4.90 Å². The Morgan fingerprint density at radius 1 is 1.43 bits per heavy atom. The number of likely N-dealkylation sites (tertiary alicyclic amines) is 1. The first-order chi connectivity index (χ1) is 6.77. The molecule has 84 valence electrons. The van der Waals surface area contributed by atoms with Gasteiger partial charge in [0.1, 0.15) is 0 Å². The zero-order chi connectivity index (χ0) is 10.4. The van der Waals surface area contributed by atoms with Crippen molar-refractivity contribution in [3.05, 3.63) is 0 Å². The first kappa shape index (κ1) is 12.0. The van der Waals surface area contributed by atoms with Gasteiger partial charge in [-0.05, 0) is 44.7 Å². The van der Waals surface area contributed by atoms with Crippen molar-refractivity contribution in [2.75, 3.05) is 19.6 Å². The fourth-order valence-corrected chi connectivity index (χ4v) is 2.54. The molecule has 14 heavy (non-hydrogen) atoms. The van der Waals surface area contributed by atoms with Gasteiger partial charge in [0, 0.05) is 12.6 Å². The summed E-state index contributed by atoms with van der Waals surface area (Å²) in [5.41, 5.74) is 5.58. The van der Waals surface area contributed by atoms with Gasteiger partial charge in [-0.2, -0.15) is 0 Å². The molecule has 0 aromatic rings. The smallest absolute Gasteiger partial charge is 0.00927 e. The highest BCUT2D eigenvalue weighted by Gasteiger charge is 2.21. The van der Waals surface area contributed by atoms with Crippen LogP contribution >= 0.6 is 0 Å². The van der Waals surface area contributed by atoms with Crippen LogP contribution in [0, 0.1) is 5.92 Å². The highest BCUT2D eigenvalue weighted by atomic mass is 15.2. The van der Waals surface area contributed by atoms with Crippen molar-refractivity contribution in [3.8, 4) is 0 Å². The molecule has 1 rings (SSSR count). The van der Waals surface area contributed by atoms with E-state index in [2.05, 4.69) is 18.7 Å². The Kier molecular flexibility index (Phi) is 5.49. The van der Waals surface area contributed by atoms with E-state index >= 15 is 0 Å². The summed E-state index contributed by atoms with van der Waals surface area (Å²) < 4.78 is 0. The number of nitrogens with two attached hydrogens (primary N) is 1. The van der Waals surface area contributed by atoms with E-state index in [-0.39, 0.29) is 0 Å². The van der Waals surface area contributed by atoms with Gasteiger partial charge in [-0.3, -0.25) is 0 Å². The maximum Gasteiger partial charge on any atom is 0.00927 e. The molecule has 0 bridgehead atoms. The van der Waals surface area contributed by atoms with Crippen molar-refractivity contribution in [3.63, 3.8) is 0 Å². The lowest BCUT2D eigenvalue weighted by atomic mass is 9.97.